The number of amides is 1. The van der Waals surface area contributed by atoms with Crippen molar-refractivity contribution in [2.75, 3.05) is 10.6 Å². The van der Waals surface area contributed by atoms with Gasteiger partial charge in [0.1, 0.15) is 17.3 Å². The van der Waals surface area contributed by atoms with E-state index in [0.29, 0.717) is 17.3 Å². The average molecular weight is 360 g/mol. The summed E-state index contributed by atoms with van der Waals surface area (Å²) in [5.74, 6) is 0.928. The molecule has 3 rings (SSSR count). The van der Waals surface area contributed by atoms with Crippen molar-refractivity contribution in [3.05, 3.63) is 83.3 Å². The second kappa shape index (κ2) is 8.45. The van der Waals surface area contributed by atoms with E-state index >= 15 is 0 Å². The van der Waals surface area contributed by atoms with Crippen molar-refractivity contribution in [2.24, 2.45) is 0 Å². The van der Waals surface area contributed by atoms with Gasteiger partial charge in [-0.3, -0.25) is 4.79 Å². The lowest BCUT2D eigenvalue weighted by molar-refractivity contribution is 0.102. The Morgan fingerprint density at radius 1 is 1.04 bits per heavy atom. The highest BCUT2D eigenvalue weighted by Gasteiger charge is 2.13. The summed E-state index contributed by atoms with van der Waals surface area (Å²) in [7, 11) is 0. The maximum Gasteiger partial charge on any atom is 0.274 e. The third-order valence-electron chi connectivity index (χ3n) is 4.35. The maximum atomic E-state index is 12.6. The maximum absolute atomic E-state index is 12.6. The van der Waals surface area contributed by atoms with Crippen LogP contribution in [0.3, 0.4) is 0 Å². The molecule has 0 aliphatic heterocycles. The first kappa shape index (κ1) is 18.6. The first-order valence-electron chi connectivity index (χ1n) is 9.12. The second-order valence-corrected chi connectivity index (χ2v) is 6.47. The van der Waals surface area contributed by atoms with Crippen molar-refractivity contribution in [1.29, 1.82) is 0 Å². The number of benzene rings is 2. The number of aryl methyl sites for hydroxylation is 2. The lowest BCUT2D eigenvalue weighted by atomic mass is 10.1. The normalized spacial score (nSPS) is 11.7. The predicted molar refractivity (Wildman–Crippen MR) is 109 cm³/mol. The fourth-order valence-electron chi connectivity index (χ4n) is 2.82. The first-order valence-corrected chi connectivity index (χ1v) is 9.12. The van der Waals surface area contributed by atoms with Crippen LogP contribution in [-0.4, -0.2) is 15.9 Å². The molecule has 3 aromatic rings. The Morgan fingerprint density at radius 3 is 2.41 bits per heavy atom. The zero-order valence-corrected chi connectivity index (χ0v) is 15.9. The zero-order valence-electron chi connectivity index (χ0n) is 15.9. The van der Waals surface area contributed by atoms with Crippen LogP contribution in [-0.2, 0) is 6.42 Å². The van der Waals surface area contributed by atoms with Crippen LogP contribution in [0.5, 0.6) is 0 Å². The molecule has 1 unspecified atom stereocenters. The van der Waals surface area contributed by atoms with Gasteiger partial charge >= 0.3 is 0 Å². The smallest absolute Gasteiger partial charge is 0.274 e. The molecule has 0 radical (unpaired) electrons. The number of anilines is 2. The summed E-state index contributed by atoms with van der Waals surface area (Å²) in [6, 6.07) is 19.7. The molecule has 0 aliphatic carbocycles. The van der Waals surface area contributed by atoms with Gasteiger partial charge in [-0.15, -0.1) is 0 Å². The lowest BCUT2D eigenvalue weighted by Crippen LogP contribution is -2.16. The average Bonchev–Trinajstić information content (AvgIpc) is 2.68. The van der Waals surface area contributed by atoms with E-state index in [9.17, 15) is 4.79 Å². The van der Waals surface area contributed by atoms with E-state index in [2.05, 4.69) is 46.6 Å². The van der Waals surface area contributed by atoms with Crippen LogP contribution in [0, 0.1) is 6.92 Å². The molecular formula is C22H24N4O. The van der Waals surface area contributed by atoms with Gasteiger partial charge in [-0.25, -0.2) is 9.97 Å². The minimum atomic E-state index is -0.250. The highest BCUT2D eigenvalue weighted by atomic mass is 16.1. The Kier molecular flexibility index (Phi) is 5.81. The molecule has 5 heteroatoms. The summed E-state index contributed by atoms with van der Waals surface area (Å²) >= 11 is 0. The molecule has 1 aromatic heterocycles. The summed E-state index contributed by atoms with van der Waals surface area (Å²) in [4.78, 5) is 21.3. The number of carbonyl (C=O) groups excluding carboxylic acids is 1. The summed E-state index contributed by atoms with van der Waals surface area (Å²) < 4.78 is 0. The second-order valence-electron chi connectivity index (χ2n) is 6.47. The van der Waals surface area contributed by atoms with E-state index in [1.165, 1.54) is 5.56 Å². The van der Waals surface area contributed by atoms with Crippen LogP contribution >= 0.6 is 0 Å². The number of hydrogen-bond acceptors (Lipinski definition) is 4. The largest absolute Gasteiger partial charge is 0.363 e. The van der Waals surface area contributed by atoms with Crippen LogP contribution < -0.4 is 10.6 Å². The molecule has 27 heavy (non-hydrogen) atoms. The van der Waals surface area contributed by atoms with Gasteiger partial charge in [0.05, 0.1) is 0 Å². The van der Waals surface area contributed by atoms with Crippen molar-refractivity contribution < 1.29 is 4.79 Å². The molecule has 5 nitrogen and oxygen atoms in total. The third kappa shape index (κ3) is 4.91. The Bertz CT molecular complexity index is 907. The fraction of sp³-hybridized carbons (Fsp3) is 0.227. The van der Waals surface area contributed by atoms with E-state index in [-0.39, 0.29) is 11.9 Å². The molecule has 1 amide bonds. The molecule has 0 saturated heterocycles. The number of rotatable bonds is 6. The van der Waals surface area contributed by atoms with E-state index in [1.807, 2.05) is 42.5 Å². The molecule has 2 N–H and O–H groups in total. The molecule has 0 fully saturated rings. The predicted octanol–water partition coefficient (Wildman–Crippen LogP) is 4.77. The molecule has 0 aliphatic rings. The summed E-state index contributed by atoms with van der Waals surface area (Å²) in [5, 5.41) is 6.23. The number of hydrogen-bond donors (Lipinski definition) is 2. The third-order valence-corrected chi connectivity index (χ3v) is 4.35. The fourth-order valence-corrected chi connectivity index (χ4v) is 2.82. The minimum absolute atomic E-state index is 0.0676. The quantitative estimate of drug-likeness (QED) is 0.664. The van der Waals surface area contributed by atoms with Crippen molar-refractivity contribution >= 4 is 17.4 Å². The van der Waals surface area contributed by atoms with Crippen molar-refractivity contribution in [3.8, 4) is 0 Å². The monoisotopic (exact) mass is 360 g/mol. The van der Waals surface area contributed by atoms with E-state index in [1.54, 1.807) is 13.0 Å². The van der Waals surface area contributed by atoms with Crippen LogP contribution in [0.2, 0.25) is 0 Å². The summed E-state index contributed by atoms with van der Waals surface area (Å²) in [5.41, 5.74) is 3.47. The highest BCUT2D eigenvalue weighted by Crippen LogP contribution is 2.19. The minimum Gasteiger partial charge on any atom is -0.363 e. The number of nitrogens with one attached hydrogen (secondary N) is 2. The van der Waals surface area contributed by atoms with Crippen LogP contribution in [0.1, 0.15) is 47.3 Å². The topological polar surface area (TPSA) is 66.9 Å². The van der Waals surface area contributed by atoms with Gasteiger partial charge in [-0.1, -0.05) is 49.4 Å². The number of nitrogens with zero attached hydrogens (tertiary/aromatic N) is 2. The van der Waals surface area contributed by atoms with Gasteiger partial charge < -0.3 is 10.6 Å². The van der Waals surface area contributed by atoms with Crippen molar-refractivity contribution in [1.82, 2.24) is 9.97 Å². The molecule has 1 atom stereocenters. The van der Waals surface area contributed by atoms with Crippen molar-refractivity contribution in [2.45, 2.75) is 33.2 Å². The van der Waals surface area contributed by atoms with Gasteiger partial charge in [0, 0.05) is 17.8 Å². The molecule has 0 spiro atoms. The van der Waals surface area contributed by atoms with E-state index < -0.39 is 0 Å². The molecule has 0 saturated carbocycles. The van der Waals surface area contributed by atoms with Crippen LogP contribution in [0.25, 0.3) is 0 Å². The molecular weight excluding hydrogens is 336 g/mol. The molecule has 0 bridgehead atoms. The molecule has 2 aromatic carbocycles. The van der Waals surface area contributed by atoms with Gasteiger partial charge in [-0.05, 0) is 43.5 Å². The van der Waals surface area contributed by atoms with Gasteiger partial charge in [-0.2, -0.15) is 0 Å². The van der Waals surface area contributed by atoms with Gasteiger partial charge in [0.2, 0.25) is 0 Å². The van der Waals surface area contributed by atoms with Crippen LogP contribution in [0.4, 0.5) is 11.5 Å². The first-order chi connectivity index (χ1) is 13.0. The standard InChI is InChI=1S/C22H24N4O/c1-4-17-10-12-19(13-11-17)26-22(27)20-14-21(25-16(3)24-20)23-15(2)18-8-6-5-7-9-18/h5-15H,4H2,1-3H3,(H,26,27)(H,23,24,25). The molecule has 138 valence electrons. The van der Waals surface area contributed by atoms with E-state index in [0.717, 1.165) is 17.7 Å². The highest BCUT2D eigenvalue weighted by molar-refractivity contribution is 6.03. The van der Waals surface area contributed by atoms with Gasteiger partial charge in [0.25, 0.3) is 5.91 Å². The summed E-state index contributed by atoms with van der Waals surface area (Å²) in [6.45, 7) is 5.94. The Labute approximate surface area is 159 Å². The van der Waals surface area contributed by atoms with Gasteiger partial charge in [0.15, 0.2) is 0 Å². The lowest BCUT2D eigenvalue weighted by Gasteiger charge is -2.16. The van der Waals surface area contributed by atoms with E-state index in [4.69, 9.17) is 0 Å². The van der Waals surface area contributed by atoms with Crippen molar-refractivity contribution in [3.63, 3.8) is 0 Å². The van der Waals surface area contributed by atoms with Crippen LogP contribution in [0.15, 0.2) is 60.7 Å². The molecule has 1 heterocycles. The SMILES string of the molecule is CCc1ccc(NC(=O)c2cc(NC(C)c3ccccc3)nc(C)n2)cc1. The number of aromatic nitrogens is 2. The summed E-state index contributed by atoms with van der Waals surface area (Å²) in [6.07, 6.45) is 0.966. The zero-order chi connectivity index (χ0) is 19.2. The number of carbonyl (C=O) groups is 1. The Balaban J connectivity index is 1.74. The Morgan fingerprint density at radius 2 is 1.74 bits per heavy atom. The Hall–Kier alpha value is -3.21.